The molecule has 0 aliphatic rings. The van der Waals surface area contributed by atoms with Crippen LogP contribution in [0.15, 0.2) is 126 Å². The van der Waals surface area contributed by atoms with Crippen LogP contribution in [0.3, 0.4) is 0 Å². The van der Waals surface area contributed by atoms with E-state index in [9.17, 15) is 0 Å². The van der Waals surface area contributed by atoms with Gasteiger partial charge in [0, 0.05) is 36.0 Å². The lowest BCUT2D eigenvalue weighted by atomic mass is 10.0. The molecule has 0 saturated carbocycles. The number of aryl methyl sites for hydroxylation is 1. The molecule has 0 atom stereocenters. The van der Waals surface area contributed by atoms with Crippen LogP contribution in [-0.2, 0) is 0 Å². The summed E-state index contributed by atoms with van der Waals surface area (Å²) < 4.78 is 8.56. The van der Waals surface area contributed by atoms with E-state index in [0.29, 0.717) is 0 Å². The van der Waals surface area contributed by atoms with Gasteiger partial charge in [-0.05, 0) is 67.4 Å². The second-order valence-corrected chi connectivity index (χ2v) is 10.3. The van der Waals surface area contributed by atoms with Gasteiger partial charge in [-0.1, -0.05) is 90.0 Å². The summed E-state index contributed by atoms with van der Waals surface area (Å²) in [6.07, 6.45) is 1.75. The molecule has 5 aromatic carbocycles. The molecule has 0 saturated heterocycles. The maximum absolute atomic E-state index is 6.16. The van der Waals surface area contributed by atoms with Crippen molar-refractivity contribution in [3.8, 4) is 11.1 Å². The minimum Gasteiger partial charge on any atom is -0.456 e. The predicted molar refractivity (Wildman–Crippen MR) is 164 cm³/mol. The zero-order chi connectivity index (χ0) is 25.8. The van der Waals surface area contributed by atoms with Gasteiger partial charge in [-0.3, -0.25) is 0 Å². The molecule has 2 heterocycles. The van der Waals surface area contributed by atoms with E-state index in [0.717, 1.165) is 32.5 Å². The predicted octanol–water partition coefficient (Wildman–Crippen LogP) is 11.5. The molecule has 0 fully saturated rings. The smallest absolute Gasteiger partial charge is 0.136 e. The highest BCUT2D eigenvalue weighted by molar-refractivity contribution is 7.25. The Morgan fingerprint density at radius 2 is 1.30 bits per heavy atom. The Morgan fingerprint density at radius 1 is 0.649 bits per heavy atom. The number of hydrogen-bond acceptors (Lipinski definition) is 2. The van der Waals surface area contributed by atoms with E-state index < -0.39 is 0 Å². The van der Waals surface area contributed by atoms with Crippen molar-refractivity contribution in [2.24, 2.45) is 0 Å². The minimum absolute atomic E-state index is 0.782. The summed E-state index contributed by atoms with van der Waals surface area (Å²) in [7, 11) is 0. The van der Waals surface area contributed by atoms with Crippen LogP contribution in [0, 0.1) is 6.92 Å². The Bertz CT molecular complexity index is 1830. The quantitative estimate of drug-likeness (QED) is 0.197. The molecule has 0 unspecified atom stereocenters. The van der Waals surface area contributed by atoms with Gasteiger partial charge in [-0.2, -0.15) is 0 Å². The number of allylic oxidation sites excluding steroid dienone is 1. The molecule has 0 radical (unpaired) electrons. The largest absolute Gasteiger partial charge is 0.456 e. The van der Waals surface area contributed by atoms with E-state index in [-0.39, 0.29) is 0 Å². The van der Waals surface area contributed by atoms with Crippen molar-refractivity contribution in [3.63, 3.8) is 0 Å². The lowest BCUT2D eigenvalue weighted by molar-refractivity contribution is 0.669. The van der Waals surface area contributed by atoms with Gasteiger partial charge < -0.3 is 4.42 Å². The van der Waals surface area contributed by atoms with Crippen molar-refractivity contribution in [2.75, 3.05) is 0 Å². The molecular weight excluding hydrogens is 492 g/mol. The van der Waals surface area contributed by atoms with Crippen LogP contribution in [0.2, 0.25) is 5.02 Å². The molecule has 182 valence electrons. The van der Waals surface area contributed by atoms with Crippen molar-refractivity contribution in [2.45, 2.75) is 13.8 Å². The summed E-state index contributed by atoms with van der Waals surface area (Å²) in [6, 6.07) is 37.7. The SMILES string of the molecule is C=CC.Cc1ccccc1.Clc1ccc2c(c1)sc1ccc(-c3ccc4c(c3)oc3ccccc34)cc12. The molecule has 0 amide bonds. The zero-order valence-corrected chi connectivity index (χ0v) is 22.4. The Labute approximate surface area is 226 Å². The molecule has 0 aliphatic carbocycles. The number of para-hydroxylation sites is 1. The fraction of sp³-hybridized carbons (Fsp3) is 0.0588. The van der Waals surface area contributed by atoms with E-state index in [2.05, 4.69) is 74.2 Å². The van der Waals surface area contributed by atoms with Gasteiger partial charge >= 0.3 is 0 Å². The summed E-state index contributed by atoms with van der Waals surface area (Å²) in [5.41, 5.74) is 5.54. The molecule has 2 aromatic heterocycles. The van der Waals surface area contributed by atoms with E-state index in [1.807, 2.05) is 55.5 Å². The maximum Gasteiger partial charge on any atom is 0.136 e. The molecule has 7 rings (SSSR count). The third kappa shape index (κ3) is 5.32. The van der Waals surface area contributed by atoms with Gasteiger partial charge in [-0.25, -0.2) is 0 Å². The highest BCUT2D eigenvalue weighted by atomic mass is 35.5. The van der Waals surface area contributed by atoms with E-state index in [4.69, 9.17) is 16.0 Å². The maximum atomic E-state index is 6.16. The van der Waals surface area contributed by atoms with Crippen LogP contribution >= 0.6 is 22.9 Å². The first kappa shape index (κ1) is 24.8. The van der Waals surface area contributed by atoms with Crippen molar-refractivity contribution < 1.29 is 4.42 Å². The van der Waals surface area contributed by atoms with Gasteiger partial charge in [0.1, 0.15) is 11.2 Å². The standard InChI is InChI=1S/C24H13ClOS.C7H8.C3H6/c25-16-7-9-19-20-11-14(6-10-23(20)27-24(19)13-16)15-5-8-18-17-3-1-2-4-21(17)26-22(18)12-15;1-7-5-3-2-4-6-7;1-3-2/h1-13H;2-6H,1H3;3H,1H2,2H3. The molecule has 37 heavy (non-hydrogen) atoms. The molecular formula is C34H27ClOS. The number of benzene rings is 5. The number of thiophene rings is 1. The normalized spacial score (nSPS) is 10.7. The van der Waals surface area contributed by atoms with E-state index in [1.165, 1.54) is 31.3 Å². The molecule has 0 aliphatic heterocycles. The van der Waals surface area contributed by atoms with Gasteiger partial charge in [0.25, 0.3) is 0 Å². The Morgan fingerprint density at radius 3 is 2.05 bits per heavy atom. The van der Waals surface area contributed by atoms with Gasteiger partial charge in [-0.15, -0.1) is 17.9 Å². The number of fused-ring (bicyclic) bond motifs is 6. The first-order chi connectivity index (χ1) is 18.1. The summed E-state index contributed by atoms with van der Waals surface area (Å²) in [5, 5.41) is 5.63. The van der Waals surface area contributed by atoms with E-state index in [1.54, 1.807) is 17.4 Å². The molecule has 3 heteroatoms. The van der Waals surface area contributed by atoms with Crippen molar-refractivity contribution in [1.29, 1.82) is 0 Å². The summed E-state index contributed by atoms with van der Waals surface area (Å²) in [4.78, 5) is 0. The van der Waals surface area contributed by atoms with E-state index >= 15 is 0 Å². The Hall–Kier alpha value is -3.85. The molecule has 0 spiro atoms. The average Bonchev–Trinajstić information content (AvgIpc) is 3.46. The molecule has 0 N–H and O–H groups in total. The molecule has 7 aromatic rings. The Balaban J connectivity index is 0.000000239. The first-order valence-corrected chi connectivity index (χ1v) is 13.4. The van der Waals surface area contributed by atoms with Crippen LogP contribution in [0.25, 0.3) is 53.2 Å². The lowest BCUT2D eigenvalue weighted by Gasteiger charge is -2.03. The molecule has 1 nitrogen and oxygen atoms in total. The first-order valence-electron chi connectivity index (χ1n) is 12.2. The third-order valence-electron chi connectivity index (χ3n) is 6.09. The number of halogens is 1. The fourth-order valence-corrected chi connectivity index (χ4v) is 5.73. The van der Waals surface area contributed by atoms with Crippen LogP contribution in [-0.4, -0.2) is 0 Å². The average molecular weight is 519 g/mol. The zero-order valence-electron chi connectivity index (χ0n) is 20.9. The van der Waals surface area contributed by atoms with Crippen LogP contribution in [0.1, 0.15) is 12.5 Å². The Kier molecular flexibility index (Phi) is 7.41. The number of hydrogen-bond donors (Lipinski definition) is 0. The summed E-state index contributed by atoms with van der Waals surface area (Å²) in [6.45, 7) is 7.33. The second kappa shape index (κ2) is 11.0. The monoisotopic (exact) mass is 518 g/mol. The lowest BCUT2D eigenvalue weighted by Crippen LogP contribution is -1.77. The number of furan rings is 1. The second-order valence-electron chi connectivity index (χ2n) is 8.83. The summed E-state index contributed by atoms with van der Waals surface area (Å²) in [5.74, 6) is 0. The third-order valence-corrected chi connectivity index (χ3v) is 7.45. The van der Waals surface area contributed by atoms with Crippen LogP contribution in [0.4, 0.5) is 0 Å². The fourth-order valence-electron chi connectivity index (χ4n) is 4.37. The molecule has 0 bridgehead atoms. The van der Waals surface area contributed by atoms with Gasteiger partial charge in [0.15, 0.2) is 0 Å². The van der Waals surface area contributed by atoms with Crippen LogP contribution in [0.5, 0.6) is 0 Å². The topological polar surface area (TPSA) is 13.1 Å². The van der Waals surface area contributed by atoms with Gasteiger partial charge in [0.2, 0.25) is 0 Å². The van der Waals surface area contributed by atoms with Gasteiger partial charge in [0.05, 0.1) is 0 Å². The van der Waals surface area contributed by atoms with Crippen molar-refractivity contribution in [1.82, 2.24) is 0 Å². The number of rotatable bonds is 1. The minimum atomic E-state index is 0.782. The highest BCUT2D eigenvalue weighted by Gasteiger charge is 2.10. The summed E-state index contributed by atoms with van der Waals surface area (Å²) >= 11 is 7.94. The van der Waals surface area contributed by atoms with Crippen LogP contribution < -0.4 is 0 Å². The highest BCUT2D eigenvalue weighted by Crippen LogP contribution is 2.38. The van der Waals surface area contributed by atoms with Crippen molar-refractivity contribution >= 4 is 65.0 Å². The van der Waals surface area contributed by atoms with Crippen molar-refractivity contribution in [3.05, 3.63) is 132 Å².